The van der Waals surface area contributed by atoms with Crippen LogP contribution in [-0.4, -0.2) is 37.7 Å². The first-order valence-corrected chi connectivity index (χ1v) is 7.84. The number of halogens is 3. The lowest BCUT2D eigenvalue weighted by Crippen LogP contribution is -2.38. The molecule has 0 radical (unpaired) electrons. The molecule has 0 saturated carbocycles. The minimum absolute atomic E-state index is 0.0468. The van der Waals surface area contributed by atoms with Gasteiger partial charge in [0.1, 0.15) is 6.54 Å². The van der Waals surface area contributed by atoms with Gasteiger partial charge in [0.05, 0.1) is 25.9 Å². The average molecular weight is 378 g/mol. The van der Waals surface area contributed by atoms with E-state index in [9.17, 15) is 18.0 Å². The second kappa shape index (κ2) is 8.45. The average Bonchev–Trinajstić information content (AvgIpc) is 2.65. The molecule has 27 heavy (non-hydrogen) atoms. The minimum atomic E-state index is -4.56. The molecule has 0 saturated heterocycles. The Morgan fingerprint density at radius 3 is 2.22 bits per heavy atom. The number of hydrogen-bond donors (Lipinski definition) is 0. The zero-order chi connectivity index (χ0) is 20.0. The van der Waals surface area contributed by atoms with E-state index in [2.05, 4.69) is 0 Å². The van der Waals surface area contributed by atoms with Gasteiger partial charge < -0.3 is 14.4 Å². The summed E-state index contributed by atoms with van der Waals surface area (Å²) < 4.78 is 49.1. The van der Waals surface area contributed by atoms with E-state index in [4.69, 9.17) is 14.7 Å². The predicted molar refractivity (Wildman–Crippen MR) is 91.5 cm³/mol. The van der Waals surface area contributed by atoms with Crippen molar-refractivity contribution in [1.29, 1.82) is 5.26 Å². The molecule has 0 spiro atoms. The van der Waals surface area contributed by atoms with Crippen LogP contribution in [0.5, 0.6) is 11.5 Å². The third kappa shape index (κ3) is 5.38. The number of benzene rings is 2. The smallest absolute Gasteiger partial charge is 0.406 e. The summed E-state index contributed by atoms with van der Waals surface area (Å²) in [6, 6.07) is 12.1. The van der Waals surface area contributed by atoms with Crippen LogP contribution in [0.15, 0.2) is 42.5 Å². The standard InChI is InChI=1S/C19H17F3N2O3/c1-26-16-8-7-15(9-17(16)27-2)18(25)24(12-19(20,21)22)11-14-5-3-13(10-23)4-6-14/h3-9H,11-12H2,1-2H3. The minimum Gasteiger partial charge on any atom is -0.493 e. The van der Waals surface area contributed by atoms with E-state index in [1.807, 2.05) is 6.07 Å². The van der Waals surface area contributed by atoms with Crippen molar-refractivity contribution in [2.24, 2.45) is 0 Å². The van der Waals surface area contributed by atoms with Gasteiger partial charge in [0.25, 0.3) is 5.91 Å². The van der Waals surface area contributed by atoms with Gasteiger partial charge in [-0.15, -0.1) is 0 Å². The van der Waals surface area contributed by atoms with Gasteiger partial charge in [-0.3, -0.25) is 4.79 Å². The van der Waals surface area contributed by atoms with Gasteiger partial charge in [-0.05, 0) is 35.9 Å². The number of nitrogens with zero attached hydrogens (tertiary/aromatic N) is 2. The number of hydrogen-bond acceptors (Lipinski definition) is 4. The molecule has 0 N–H and O–H groups in total. The highest BCUT2D eigenvalue weighted by Crippen LogP contribution is 2.29. The van der Waals surface area contributed by atoms with Crippen LogP contribution < -0.4 is 9.47 Å². The molecule has 1 amide bonds. The number of carbonyl (C=O) groups is 1. The van der Waals surface area contributed by atoms with E-state index in [-0.39, 0.29) is 17.9 Å². The molecule has 2 aromatic carbocycles. The lowest BCUT2D eigenvalue weighted by Gasteiger charge is -2.24. The number of alkyl halides is 3. The monoisotopic (exact) mass is 378 g/mol. The van der Waals surface area contributed by atoms with E-state index in [1.165, 1.54) is 56.7 Å². The molecule has 0 fully saturated rings. The van der Waals surface area contributed by atoms with Gasteiger partial charge in [0.2, 0.25) is 0 Å². The Kier molecular flexibility index (Phi) is 6.29. The molecular weight excluding hydrogens is 361 g/mol. The summed E-state index contributed by atoms with van der Waals surface area (Å²) in [5.74, 6) is -0.185. The van der Waals surface area contributed by atoms with Gasteiger partial charge >= 0.3 is 6.18 Å². The van der Waals surface area contributed by atoms with E-state index in [1.54, 1.807) is 0 Å². The molecule has 2 aromatic rings. The van der Waals surface area contributed by atoms with E-state index >= 15 is 0 Å². The van der Waals surface area contributed by atoms with Crippen molar-refractivity contribution in [2.75, 3.05) is 20.8 Å². The predicted octanol–water partition coefficient (Wildman–Crippen LogP) is 3.78. The van der Waals surface area contributed by atoms with Crippen molar-refractivity contribution >= 4 is 5.91 Å². The number of methoxy groups -OCH3 is 2. The summed E-state index contributed by atoms with van der Waals surface area (Å²) in [5, 5.41) is 8.81. The zero-order valence-corrected chi connectivity index (χ0v) is 14.7. The Hall–Kier alpha value is -3.21. The highest BCUT2D eigenvalue weighted by molar-refractivity contribution is 5.95. The molecule has 0 aliphatic rings. The third-order valence-electron chi connectivity index (χ3n) is 3.74. The molecule has 5 nitrogen and oxygen atoms in total. The van der Waals surface area contributed by atoms with Gasteiger partial charge in [0.15, 0.2) is 11.5 Å². The van der Waals surface area contributed by atoms with Crippen molar-refractivity contribution in [1.82, 2.24) is 4.90 Å². The van der Waals surface area contributed by atoms with Crippen molar-refractivity contribution in [3.8, 4) is 17.6 Å². The summed E-state index contributed by atoms with van der Waals surface area (Å²) in [5.41, 5.74) is 0.907. The molecule has 0 bridgehead atoms. The zero-order valence-electron chi connectivity index (χ0n) is 14.7. The van der Waals surface area contributed by atoms with Crippen LogP contribution >= 0.6 is 0 Å². The molecule has 0 aliphatic heterocycles. The number of nitriles is 1. The fourth-order valence-corrected chi connectivity index (χ4v) is 2.47. The Labute approximate surface area is 154 Å². The first kappa shape index (κ1) is 20.1. The molecule has 8 heteroatoms. The summed E-state index contributed by atoms with van der Waals surface area (Å²) in [6.07, 6.45) is -4.56. The van der Waals surface area contributed by atoms with Crippen LogP contribution in [0.4, 0.5) is 13.2 Å². The maximum Gasteiger partial charge on any atom is 0.406 e. The topological polar surface area (TPSA) is 62.6 Å². The van der Waals surface area contributed by atoms with Crippen LogP contribution in [-0.2, 0) is 6.54 Å². The van der Waals surface area contributed by atoms with Gasteiger partial charge in [-0.2, -0.15) is 18.4 Å². The summed E-state index contributed by atoms with van der Waals surface area (Å²) in [6.45, 7) is -1.65. The lowest BCUT2D eigenvalue weighted by atomic mass is 10.1. The van der Waals surface area contributed by atoms with Crippen molar-refractivity contribution < 1.29 is 27.4 Å². The van der Waals surface area contributed by atoms with Crippen molar-refractivity contribution in [3.05, 3.63) is 59.2 Å². The van der Waals surface area contributed by atoms with Gasteiger partial charge in [0, 0.05) is 12.1 Å². The van der Waals surface area contributed by atoms with Gasteiger partial charge in [-0.1, -0.05) is 12.1 Å². The molecule has 0 unspecified atom stereocenters. The number of amides is 1. The van der Waals surface area contributed by atoms with E-state index < -0.39 is 18.6 Å². The van der Waals surface area contributed by atoms with Crippen LogP contribution in [0.1, 0.15) is 21.5 Å². The highest BCUT2D eigenvalue weighted by atomic mass is 19.4. The normalized spacial score (nSPS) is 10.8. The summed E-state index contributed by atoms with van der Waals surface area (Å²) in [4.78, 5) is 13.4. The third-order valence-corrected chi connectivity index (χ3v) is 3.74. The van der Waals surface area contributed by atoms with E-state index in [0.717, 1.165) is 0 Å². The van der Waals surface area contributed by atoms with E-state index in [0.29, 0.717) is 21.8 Å². The number of ether oxygens (including phenoxy) is 2. The Morgan fingerprint density at radius 1 is 1.07 bits per heavy atom. The van der Waals surface area contributed by atoms with Crippen LogP contribution in [0.3, 0.4) is 0 Å². The SMILES string of the molecule is COc1ccc(C(=O)N(Cc2ccc(C#N)cc2)CC(F)(F)F)cc1OC. The number of rotatable bonds is 6. The van der Waals surface area contributed by atoms with Crippen molar-refractivity contribution in [2.45, 2.75) is 12.7 Å². The van der Waals surface area contributed by atoms with Crippen molar-refractivity contribution in [3.63, 3.8) is 0 Å². The maximum absolute atomic E-state index is 13.0. The van der Waals surface area contributed by atoms with Crippen LogP contribution in [0.2, 0.25) is 0 Å². The summed E-state index contributed by atoms with van der Waals surface area (Å²) >= 11 is 0. The molecule has 142 valence electrons. The van der Waals surface area contributed by atoms with Crippen LogP contribution in [0.25, 0.3) is 0 Å². The highest BCUT2D eigenvalue weighted by Gasteiger charge is 2.33. The number of carbonyl (C=O) groups excluding carboxylic acids is 1. The molecule has 0 heterocycles. The first-order chi connectivity index (χ1) is 12.8. The molecule has 0 aromatic heterocycles. The maximum atomic E-state index is 13.0. The lowest BCUT2D eigenvalue weighted by molar-refractivity contribution is -0.141. The Morgan fingerprint density at radius 2 is 1.70 bits per heavy atom. The molecule has 0 aliphatic carbocycles. The Balaban J connectivity index is 2.32. The fraction of sp³-hybridized carbons (Fsp3) is 0.263. The summed E-state index contributed by atoms with van der Waals surface area (Å²) in [7, 11) is 2.79. The largest absolute Gasteiger partial charge is 0.493 e. The molecular formula is C19H17F3N2O3. The molecule has 0 atom stereocenters. The second-order valence-corrected chi connectivity index (χ2v) is 5.65. The molecule has 2 rings (SSSR count). The fourth-order valence-electron chi connectivity index (χ4n) is 2.47. The Bertz CT molecular complexity index is 843. The quantitative estimate of drug-likeness (QED) is 0.768. The first-order valence-electron chi connectivity index (χ1n) is 7.84. The van der Waals surface area contributed by atoms with Crippen LogP contribution in [0, 0.1) is 11.3 Å². The van der Waals surface area contributed by atoms with Gasteiger partial charge in [-0.25, -0.2) is 0 Å². The second-order valence-electron chi connectivity index (χ2n) is 5.65.